The Hall–Kier alpha value is -3.66. The van der Waals surface area contributed by atoms with Gasteiger partial charge in [0.15, 0.2) is 0 Å². The fourth-order valence-electron chi connectivity index (χ4n) is 6.36. The molecule has 3 fully saturated rings. The van der Waals surface area contributed by atoms with Gasteiger partial charge in [0.1, 0.15) is 11.4 Å². The lowest BCUT2D eigenvalue weighted by molar-refractivity contribution is -0.385. The van der Waals surface area contributed by atoms with Crippen molar-refractivity contribution in [2.24, 2.45) is 11.8 Å². The topological polar surface area (TPSA) is 113 Å². The molecular formula is C23H19FN4O5. The van der Waals surface area contributed by atoms with E-state index in [1.165, 1.54) is 36.4 Å². The lowest BCUT2D eigenvalue weighted by atomic mass is 9.75. The zero-order valence-electron chi connectivity index (χ0n) is 17.6. The summed E-state index contributed by atoms with van der Waals surface area (Å²) in [6.45, 7) is 2.08. The van der Waals surface area contributed by atoms with Crippen molar-refractivity contribution in [1.29, 1.82) is 0 Å². The SMILES string of the molecule is Cc1ccc(N2C(=O)[C@@H]3[C@H]4CCCN4[C@@]4(C(=O)Nc5ccc(F)cc54)[C@@H]3C2=O)cc1[N+](=O)[O-]. The number of nitrogens with one attached hydrogen (secondary N) is 1. The van der Waals surface area contributed by atoms with Crippen molar-refractivity contribution >= 4 is 34.8 Å². The summed E-state index contributed by atoms with van der Waals surface area (Å²) in [5.41, 5.74) is -0.382. The third-order valence-electron chi connectivity index (χ3n) is 7.60. The van der Waals surface area contributed by atoms with Crippen LogP contribution in [0.4, 0.5) is 21.5 Å². The third kappa shape index (κ3) is 2.31. The Kier molecular flexibility index (Phi) is 3.90. The number of benzene rings is 2. The van der Waals surface area contributed by atoms with Gasteiger partial charge in [-0.2, -0.15) is 0 Å². The molecule has 0 bridgehead atoms. The zero-order valence-corrected chi connectivity index (χ0v) is 17.6. The first-order valence-corrected chi connectivity index (χ1v) is 10.8. The fourth-order valence-corrected chi connectivity index (χ4v) is 6.36. The number of hydrogen-bond donors (Lipinski definition) is 1. The van der Waals surface area contributed by atoms with Crippen LogP contribution in [0.25, 0.3) is 0 Å². The van der Waals surface area contributed by atoms with E-state index >= 15 is 0 Å². The molecule has 4 atom stereocenters. The summed E-state index contributed by atoms with van der Waals surface area (Å²) >= 11 is 0. The van der Waals surface area contributed by atoms with Crippen LogP contribution >= 0.6 is 0 Å². The largest absolute Gasteiger partial charge is 0.324 e. The quantitative estimate of drug-likeness (QED) is 0.427. The fraction of sp³-hybridized carbons (Fsp3) is 0.348. The molecule has 0 aliphatic carbocycles. The van der Waals surface area contributed by atoms with Gasteiger partial charge < -0.3 is 5.32 Å². The predicted octanol–water partition coefficient (Wildman–Crippen LogP) is 2.47. The molecule has 2 aromatic carbocycles. The van der Waals surface area contributed by atoms with Crippen LogP contribution in [-0.2, 0) is 19.9 Å². The van der Waals surface area contributed by atoms with E-state index in [4.69, 9.17) is 0 Å². The van der Waals surface area contributed by atoms with Crippen LogP contribution in [0.3, 0.4) is 0 Å². The van der Waals surface area contributed by atoms with Gasteiger partial charge in [-0.05, 0) is 50.6 Å². The van der Waals surface area contributed by atoms with Crippen LogP contribution in [-0.4, -0.2) is 40.1 Å². The average molecular weight is 450 g/mol. The average Bonchev–Trinajstić information content (AvgIpc) is 3.47. The van der Waals surface area contributed by atoms with Crippen molar-refractivity contribution in [3.8, 4) is 0 Å². The highest BCUT2D eigenvalue weighted by Gasteiger charge is 2.74. The number of carbonyl (C=O) groups excluding carboxylic acids is 3. The summed E-state index contributed by atoms with van der Waals surface area (Å²) in [4.78, 5) is 54.7. The van der Waals surface area contributed by atoms with Gasteiger partial charge in [0.05, 0.1) is 22.4 Å². The summed E-state index contributed by atoms with van der Waals surface area (Å²) in [7, 11) is 0. The van der Waals surface area contributed by atoms with Crippen LogP contribution in [0.2, 0.25) is 0 Å². The lowest BCUT2D eigenvalue weighted by Crippen LogP contribution is -2.54. The van der Waals surface area contributed by atoms with E-state index in [0.29, 0.717) is 29.8 Å². The number of carbonyl (C=O) groups is 3. The van der Waals surface area contributed by atoms with Gasteiger partial charge in [-0.3, -0.25) is 29.4 Å². The van der Waals surface area contributed by atoms with Gasteiger partial charge in [0.2, 0.25) is 17.7 Å². The van der Waals surface area contributed by atoms with Gasteiger partial charge in [-0.15, -0.1) is 0 Å². The molecule has 33 heavy (non-hydrogen) atoms. The Morgan fingerprint density at radius 1 is 1.15 bits per heavy atom. The van der Waals surface area contributed by atoms with Crippen molar-refractivity contribution in [3.63, 3.8) is 0 Å². The van der Waals surface area contributed by atoms with E-state index in [-0.39, 0.29) is 17.4 Å². The Morgan fingerprint density at radius 3 is 2.70 bits per heavy atom. The zero-order chi connectivity index (χ0) is 23.2. The van der Waals surface area contributed by atoms with Crippen molar-refractivity contribution in [3.05, 3.63) is 63.5 Å². The highest BCUT2D eigenvalue weighted by molar-refractivity contribution is 6.26. The molecule has 4 aliphatic rings. The molecule has 1 spiro atoms. The number of aryl methyl sites for hydroxylation is 1. The molecular weight excluding hydrogens is 431 g/mol. The van der Waals surface area contributed by atoms with E-state index in [0.717, 1.165) is 11.3 Å². The number of fused-ring (bicyclic) bond motifs is 7. The molecule has 3 saturated heterocycles. The highest BCUT2D eigenvalue weighted by Crippen LogP contribution is 2.60. The molecule has 0 saturated carbocycles. The van der Waals surface area contributed by atoms with Gasteiger partial charge in [0, 0.05) is 28.9 Å². The number of rotatable bonds is 2. The monoisotopic (exact) mass is 450 g/mol. The van der Waals surface area contributed by atoms with E-state index in [1.807, 2.05) is 4.90 Å². The van der Waals surface area contributed by atoms with Crippen molar-refractivity contribution in [2.45, 2.75) is 31.3 Å². The van der Waals surface area contributed by atoms with Crippen LogP contribution < -0.4 is 10.2 Å². The van der Waals surface area contributed by atoms with Gasteiger partial charge in [-0.25, -0.2) is 9.29 Å². The summed E-state index contributed by atoms with van der Waals surface area (Å²) in [6.07, 6.45) is 1.37. The smallest absolute Gasteiger partial charge is 0.274 e. The molecule has 0 aromatic heterocycles. The highest BCUT2D eigenvalue weighted by atomic mass is 19.1. The minimum Gasteiger partial charge on any atom is -0.324 e. The number of halogens is 1. The Balaban J connectivity index is 1.54. The molecule has 0 radical (unpaired) electrons. The second-order valence-electron chi connectivity index (χ2n) is 9.06. The number of anilines is 2. The number of nitro benzene ring substituents is 1. The van der Waals surface area contributed by atoms with Crippen molar-refractivity contribution in [2.75, 3.05) is 16.8 Å². The molecule has 168 valence electrons. The van der Waals surface area contributed by atoms with E-state index in [2.05, 4.69) is 5.32 Å². The second kappa shape index (κ2) is 6.44. The second-order valence-corrected chi connectivity index (χ2v) is 9.06. The Labute approximate surface area is 187 Å². The molecule has 4 aliphatic heterocycles. The van der Waals surface area contributed by atoms with Gasteiger partial charge >= 0.3 is 0 Å². The van der Waals surface area contributed by atoms with E-state index in [1.54, 1.807) is 6.92 Å². The van der Waals surface area contributed by atoms with Gasteiger partial charge in [-0.1, -0.05) is 6.07 Å². The first-order valence-electron chi connectivity index (χ1n) is 10.8. The molecule has 6 rings (SSSR count). The standard InChI is InChI=1S/C23H19FN4O5/c1-11-4-6-13(10-17(11)28(32)33)27-20(29)18-16-3-2-8-26(16)23(19(18)21(27)30)14-9-12(24)5-7-15(14)25-22(23)31/h4-7,9-10,16,18-19H,2-3,8H2,1H3,(H,25,31)/t16-,18-,19+,23-/m1/s1. The Morgan fingerprint density at radius 2 is 1.94 bits per heavy atom. The maximum Gasteiger partial charge on any atom is 0.274 e. The van der Waals surface area contributed by atoms with E-state index < -0.39 is 45.8 Å². The first-order chi connectivity index (χ1) is 15.8. The molecule has 3 amide bonds. The molecule has 1 N–H and O–H groups in total. The maximum absolute atomic E-state index is 14.3. The minimum absolute atomic E-state index is 0.106. The number of imide groups is 1. The molecule has 0 unspecified atom stereocenters. The number of amides is 3. The number of hydrogen-bond acceptors (Lipinski definition) is 6. The summed E-state index contributed by atoms with van der Waals surface area (Å²) in [5, 5.41) is 14.2. The number of nitrogens with zero attached hydrogens (tertiary/aromatic N) is 3. The minimum atomic E-state index is -1.48. The van der Waals surface area contributed by atoms with Crippen molar-refractivity contribution < 1.29 is 23.7 Å². The molecule has 9 nitrogen and oxygen atoms in total. The van der Waals surface area contributed by atoms with Crippen LogP contribution in [0, 0.1) is 34.7 Å². The van der Waals surface area contributed by atoms with Gasteiger partial charge in [0.25, 0.3) is 5.69 Å². The molecule has 4 heterocycles. The molecule has 10 heteroatoms. The molecule has 2 aromatic rings. The number of nitro groups is 1. The lowest BCUT2D eigenvalue weighted by Gasteiger charge is -2.36. The normalized spacial score (nSPS) is 30.1. The predicted molar refractivity (Wildman–Crippen MR) is 114 cm³/mol. The van der Waals surface area contributed by atoms with E-state index in [9.17, 15) is 28.9 Å². The maximum atomic E-state index is 14.3. The summed E-state index contributed by atoms with van der Waals surface area (Å²) in [5.74, 6) is -3.88. The third-order valence-corrected chi connectivity index (χ3v) is 7.60. The van der Waals surface area contributed by atoms with Crippen LogP contribution in [0.5, 0.6) is 0 Å². The first kappa shape index (κ1) is 20.0. The Bertz CT molecular complexity index is 1300. The van der Waals surface area contributed by atoms with Crippen LogP contribution in [0.15, 0.2) is 36.4 Å². The summed E-state index contributed by atoms with van der Waals surface area (Å²) in [6, 6.07) is 7.84. The summed E-state index contributed by atoms with van der Waals surface area (Å²) < 4.78 is 14.3. The van der Waals surface area contributed by atoms with Crippen LogP contribution in [0.1, 0.15) is 24.0 Å². The van der Waals surface area contributed by atoms with Crippen molar-refractivity contribution in [1.82, 2.24) is 4.90 Å².